The average molecular weight is 349 g/mol. The highest BCUT2D eigenvalue weighted by molar-refractivity contribution is 6.42. The fourth-order valence-corrected chi connectivity index (χ4v) is 2.16. The highest BCUT2D eigenvalue weighted by Crippen LogP contribution is 2.23. The maximum absolute atomic E-state index is 11.2. The van der Waals surface area contributed by atoms with Gasteiger partial charge in [0.2, 0.25) is 5.91 Å². The molecule has 23 heavy (non-hydrogen) atoms. The van der Waals surface area contributed by atoms with Gasteiger partial charge < -0.3 is 10.1 Å². The van der Waals surface area contributed by atoms with Crippen LogP contribution in [0.5, 0.6) is 5.75 Å². The molecule has 0 aliphatic carbocycles. The van der Waals surface area contributed by atoms with E-state index in [0.29, 0.717) is 28.9 Å². The van der Waals surface area contributed by atoms with E-state index in [1.54, 1.807) is 18.2 Å². The minimum atomic E-state index is -0.285. The van der Waals surface area contributed by atoms with Crippen molar-refractivity contribution in [1.29, 1.82) is 5.26 Å². The maximum atomic E-state index is 11.2. The number of benzene rings is 2. The SMILES string of the molecule is N#CCC(=O)NCc1ccc(OCc2ccc(Cl)c(Cl)c2)cc1. The molecule has 2 aromatic rings. The number of rotatable bonds is 6. The van der Waals surface area contributed by atoms with Crippen LogP contribution >= 0.6 is 23.2 Å². The molecule has 1 N–H and O–H groups in total. The van der Waals surface area contributed by atoms with Gasteiger partial charge in [0.15, 0.2) is 0 Å². The molecule has 6 heteroatoms. The number of amides is 1. The van der Waals surface area contributed by atoms with Crippen molar-refractivity contribution in [2.24, 2.45) is 0 Å². The van der Waals surface area contributed by atoms with E-state index in [0.717, 1.165) is 11.1 Å². The lowest BCUT2D eigenvalue weighted by molar-refractivity contribution is -0.120. The lowest BCUT2D eigenvalue weighted by Gasteiger charge is -2.08. The fraction of sp³-hybridized carbons (Fsp3) is 0.176. The predicted molar refractivity (Wildman–Crippen MR) is 89.3 cm³/mol. The minimum absolute atomic E-state index is 0.134. The first-order valence-corrected chi connectivity index (χ1v) is 7.63. The van der Waals surface area contributed by atoms with Crippen LogP contribution in [-0.4, -0.2) is 5.91 Å². The van der Waals surface area contributed by atoms with Crippen LogP contribution in [0.3, 0.4) is 0 Å². The second kappa shape index (κ2) is 8.42. The summed E-state index contributed by atoms with van der Waals surface area (Å²) in [7, 11) is 0. The number of carbonyl (C=O) groups is 1. The number of nitrogens with zero attached hydrogens (tertiary/aromatic N) is 1. The lowest BCUT2D eigenvalue weighted by atomic mass is 10.2. The first-order valence-electron chi connectivity index (χ1n) is 6.88. The first kappa shape index (κ1) is 17.1. The van der Waals surface area contributed by atoms with E-state index in [4.69, 9.17) is 33.2 Å². The van der Waals surface area contributed by atoms with E-state index in [2.05, 4.69) is 5.32 Å². The summed E-state index contributed by atoms with van der Waals surface area (Å²) in [5, 5.41) is 12.1. The molecule has 2 aromatic carbocycles. The number of hydrogen-bond acceptors (Lipinski definition) is 3. The van der Waals surface area contributed by atoms with Crippen LogP contribution in [0.4, 0.5) is 0 Å². The van der Waals surface area contributed by atoms with Crippen LogP contribution in [0.25, 0.3) is 0 Å². The second-order valence-electron chi connectivity index (χ2n) is 4.79. The highest BCUT2D eigenvalue weighted by atomic mass is 35.5. The van der Waals surface area contributed by atoms with Crippen LogP contribution in [0.1, 0.15) is 17.5 Å². The molecule has 0 unspecified atom stereocenters. The molecule has 0 fully saturated rings. The van der Waals surface area contributed by atoms with E-state index in [-0.39, 0.29) is 12.3 Å². The molecule has 1 amide bonds. The monoisotopic (exact) mass is 348 g/mol. The normalized spacial score (nSPS) is 9.96. The zero-order valence-corrected chi connectivity index (χ0v) is 13.7. The number of ether oxygens (including phenoxy) is 1. The van der Waals surface area contributed by atoms with Crippen molar-refractivity contribution >= 4 is 29.1 Å². The molecule has 0 heterocycles. The summed E-state index contributed by atoms with van der Waals surface area (Å²) in [4.78, 5) is 11.2. The molecular formula is C17H14Cl2N2O2. The maximum Gasteiger partial charge on any atom is 0.234 e. The molecule has 0 saturated carbocycles. The Hall–Kier alpha value is -2.22. The lowest BCUT2D eigenvalue weighted by Crippen LogP contribution is -2.21. The molecule has 0 aliphatic heterocycles. The summed E-state index contributed by atoms with van der Waals surface area (Å²) in [5.41, 5.74) is 1.85. The van der Waals surface area contributed by atoms with Crippen molar-refractivity contribution < 1.29 is 9.53 Å². The molecule has 0 aromatic heterocycles. The third-order valence-electron chi connectivity index (χ3n) is 3.04. The van der Waals surface area contributed by atoms with Gasteiger partial charge in [0.1, 0.15) is 18.8 Å². The zero-order chi connectivity index (χ0) is 16.7. The Morgan fingerprint density at radius 2 is 1.78 bits per heavy atom. The molecule has 4 nitrogen and oxygen atoms in total. The molecule has 0 saturated heterocycles. The number of hydrogen-bond donors (Lipinski definition) is 1. The average Bonchev–Trinajstić information content (AvgIpc) is 2.55. The molecule has 118 valence electrons. The highest BCUT2D eigenvalue weighted by Gasteiger charge is 2.02. The van der Waals surface area contributed by atoms with Crippen LogP contribution in [0, 0.1) is 11.3 Å². The van der Waals surface area contributed by atoms with E-state index in [9.17, 15) is 4.79 Å². The van der Waals surface area contributed by atoms with Crippen molar-refractivity contribution in [3.05, 3.63) is 63.6 Å². The van der Waals surface area contributed by atoms with Crippen LogP contribution in [-0.2, 0) is 17.9 Å². The third-order valence-corrected chi connectivity index (χ3v) is 3.78. The van der Waals surface area contributed by atoms with Gasteiger partial charge in [0.25, 0.3) is 0 Å². The summed E-state index contributed by atoms with van der Waals surface area (Å²) in [6, 6.07) is 14.5. The fourth-order valence-electron chi connectivity index (χ4n) is 1.83. The summed E-state index contributed by atoms with van der Waals surface area (Å²) in [6.07, 6.45) is -0.134. The standard InChI is InChI=1S/C17H14Cl2N2O2/c18-15-6-3-13(9-16(15)19)11-23-14-4-1-12(2-5-14)10-21-17(22)7-8-20/h1-6,9H,7,10-11H2,(H,21,22). The molecule has 0 radical (unpaired) electrons. The zero-order valence-electron chi connectivity index (χ0n) is 12.2. The van der Waals surface area contributed by atoms with Crippen molar-refractivity contribution in [1.82, 2.24) is 5.32 Å². The Kier molecular flexibility index (Phi) is 6.28. The van der Waals surface area contributed by atoms with Gasteiger partial charge in [-0.3, -0.25) is 4.79 Å². The van der Waals surface area contributed by atoms with Crippen molar-refractivity contribution in [2.75, 3.05) is 0 Å². The van der Waals surface area contributed by atoms with E-state index < -0.39 is 0 Å². The van der Waals surface area contributed by atoms with E-state index >= 15 is 0 Å². The van der Waals surface area contributed by atoms with Gasteiger partial charge >= 0.3 is 0 Å². The first-order chi connectivity index (χ1) is 11.1. The Balaban J connectivity index is 1.86. The predicted octanol–water partition coefficient (Wildman–Crippen LogP) is 4.10. The number of carbonyl (C=O) groups excluding carboxylic acids is 1. The topological polar surface area (TPSA) is 62.1 Å². The van der Waals surface area contributed by atoms with E-state index in [1.165, 1.54) is 0 Å². The summed E-state index contributed by atoms with van der Waals surface area (Å²) < 4.78 is 5.67. The smallest absolute Gasteiger partial charge is 0.234 e. The van der Waals surface area contributed by atoms with Gasteiger partial charge in [-0.2, -0.15) is 5.26 Å². The summed E-state index contributed by atoms with van der Waals surface area (Å²) in [5.74, 6) is 0.426. The van der Waals surface area contributed by atoms with E-state index in [1.807, 2.05) is 30.3 Å². The Morgan fingerprint density at radius 3 is 2.43 bits per heavy atom. The number of nitriles is 1. The summed E-state index contributed by atoms with van der Waals surface area (Å²) in [6.45, 7) is 0.767. The van der Waals surface area contributed by atoms with Gasteiger partial charge in [-0.05, 0) is 35.4 Å². The third kappa shape index (κ3) is 5.48. The van der Waals surface area contributed by atoms with Crippen molar-refractivity contribution in [3.8, 4) is 11.8 Å². The van der Waals surface area contributed by atoms with Crippen molar-refractivity contribution in [2.45, 2.75) is 19.6 Å². The second-order valence-corrected chi connectivity index (χ2v) is 5.61. The number of nitrogens with one attached hydrogen (secondary N) is 1. The molecule has 0 spiro atoms. The Bertz CT molecular complexity index is 724. The van der Waals surface area contributed by atoms with Gasteiger partial charge in [-0.15, -0.1) is 0 Å². The minimum Gasteiger partial charge on any atom is -0.489 e. The van der Waals surface area contributed by atoms with Gasteiger partial charge in [0, 0.05) is 6.54 Å². The van der Waals surface area contributed by atoms with Crippen molar-refractivity contribution in [3.63, 3.8) is 0 Å². The van der Waals surface area contributed by atoms with Crippen LogP contribution in [0.15, 0.2) is 42.5 Å². The largest absolute Gasteiger partial charge is 0.489 e. The van der Waals surface area contributed by atoms with Gasteiger partial charge in [0.05, 0.1) is 16.1 Å². The van der Waals surface area contributed by atoms with Crippen LogP contribution < -0.4 is 10.1 Å². The Labute approximate surface area is 144 Å². The number of halogens is 2. The molecular weight excluding hydrogens is 335 g/mol. The Morgan fingerprint density at radius 1 is 1.09 bits per heavy atom. The van der Waals surface area contributed by atoms with Gasteiger partial charge in [-0.25, -0.2) is 0 Å². The van der Waals surface area contributed by atoms with Gasteiger partial charge in [-0.1, -0.05) is 41.4 Å². The molecule has 2 rings (SSSR count). The summed E-state index contributed by atoms with van der Waals surface area (Å²) >= 11 is 11.8. The molecule has 0 aliphatic rings. The molecule has 0 atom stereocenters. The quantitative estimate of drug-likeness (QED) is 0.854. The molecule has 0 bridgehead atoms. The van der Waals surface area contributed by atoms with Crippen LogP contribution in [0.2, 0.25) is 10.0 Å².